The van der Waals surface area contributed by atoms with E-state index in [1.54, 1.807) is 25.1 Å². The van der Waals surface area contributed by atoms with Crippen molar-refractivity contribution in [2.24, 2.45) is 0 Å². The van der Waals surface area contributed by atoms with Gasteiger partial charge in [0.15, 0.2) is 10.9 Å². The number of sulfonamides is 1. The summed E-state index contributed by atoms with van der Waals surface area (Å²) >= 11 is 12.0. The predicted octanol–water partition coefficient (Wildman–Crippen LogP) is 1.82. The second-order valence-electron chi connectivity index (χ2n) is 7.12. The van der Waals surface area contributed by atoms with Crippen LogP contribution in [0.3, 0.4) is 0 Å². The molecule has 0 bridgehead atoms. The van der Waals surface area contributed by atoms with Crippen LogP contribution in [0.25, 0.3) is 0 Å². The van der Waals surface area contributed by atoms with Crippen LogP contribution < -0.4 is 10.2 Å². The molecular weight excluding hydrogens is 467 g/mol. The van der Waals surface area contributed by atoms with Gasteiger partial charge >= 0.3 is 0 Å². The number of carbonyl (C=O) groups excluding carboxylic acids is 1. The van der Waals surface area contributed by atoms with Crippen LogP contribution in [-0.4, -0.2) is 55.8 Å². The smallest absolute Gasteiger partial charge is 0.289 e. The number of halogens is 2. The van der Waals surface area contributed by atoms with Gasteiger partial charge in [-0.1, -0.05) is 35.3 Å². The van der Waals surface area contributed by atoms with Crippen molar-refractivity contribution in [3.63, 3.8) is 0 Å². The fraction of sp³-hybridized carbons (Fsp3) is 0.316. The van der Waals surface area contributed by atoms with E-state index in [1.807, 2.05) is 0 Å². The molecule has 0 spiro atoms. The van der Waals surface area contributed by atoms with Crippen LogP contribution in [0.4, 0.5) is 11.4 Å². The molecule has 1 saturated heterocycles. The summed E-state index contributed by atoms with van der Waals surface area (Å²) in [7, 11) is -4.02. The molecule has 2 aromatic carbocycles. The van der Waals surface area contributed by atoms with Crippen molar-refractivity contribution >= 4 is 50.5 Å². The maximum atomic E-state index is 12.9. The topological polar surface area (TPSA) is 114 Å². The molecule has 31 heavy (non-hydrogen) atoms. The van der Waals surface area contributed by atoms with Gasteiger partial charge in [0, 0.05) is 11.1 Å². The molecule has 0 unspecified atom stereocenters. The molecule has 1 fully saturated rings. The van der Waals surface area contributed by atoms with Gasteiger partial charge in [-0.25, -0.2) is 8.42 Å². The molecule has 1 atom stereocenters. The molecule has 9 nitrogen and oxygen atoms in total. The van der Waals surface area contributed by atoms with Crippen molar-refractivity contribution in [3.05, 3.63) is 62.6 Å². The van der Waals surface area contributed by atoms with Gasteiger partial charge in [0.05, 0.1) is 41.8 Å². The lowest BCUT2D eigenvalue weighted by molar-refractivity contribution is -0.917. The molecule has 12 heteroatoms. The van der Waals surface area contributed by atoms with Crippen LogP contribution in [-0.2, 0) is 14.8 Å². The van der Waals surface area contributed by atoms with Crippen molar-refractivity contribution in [1.82, 2.24) is 4.31 Å². The zero-order valence-corrected chi connectivity index (χ0v) is 18.9. The molecule has 166 valence electrons. The number of anilines is 1. The average Bonchev–Trinajstić information content (AvgIpc) is 2.75. The average molecular weight is 488 g/mol. The number of quaternary nitrogens is 1. The molecule has 1 aliphatic heterocycles. The Labute approximate surface area is 189 Å². The van der Waals surface area contributed by atoms with Crippen LogP contribution in [0.15, 0.2) is 47.4 Å². The van der Waals surface area contributed by atoms with E-state index < -0.39 is 26.7 Å². The highest BCUT2D eigenvalue weighted by Crippen LogP contribution is 2.27. The molecule has 0 aliphatic carbocycles. The molecule has 1 heterocycles. The highest BCUT2D eigenvalue weighted by atomic mass is 35.5. The number of nitrogens with zero attached hydrogens (tertiary/aromatic N) is 2. The van der Waals surface area contributed by atoms with Gasteiger partial charge in [-0.3, -0.25) is 14.9 Å². The van der Waals surface area contributed by atoms with Crippen LogP contribution >= 0.6 is 23.2 Å². The van der Waals surface area contributed by atoms with Crippen molar-refractivity contribution in [1.29, 1.82) is 0 Å². The maximum Gasteiger partial charge on any atom is 0.289 e. The van der Waals surface area contributed by atoms with E-state index in [4.69, 9.17) is 23.2 Å². The SMILES string of the molecule is C[C@H](C(=O)Nc1cc(Cl)ccc1Cl)[NH+]1CCN(S(=O)(=O)c2ccccc2[N+](=O)[O-])CC1. The molecule has 2 aromatic rings. The Morgan fingerprint density at radius 2 is 1.84 bits per heavy atom. The minimum atomic E-state index is -4.02. The predicted molar refractivity (Wildman–Crippen MR) is 117 cm³/mol. The summed E-state index contributed by atoms with van der Waals surface area (Å²) < 4.78 is 27.1. The summed E-state index contributed by atoms with van der Waals surface area (Å²) in [4.78, 5) is 23.7. The molecule has 0 saturated carbocycles. The molecular formula is C19H21Cl2N4O5S+. The van der Waals surface area contributed by atoms with E-state index in [0.29, 0.717) is 28.8 Å². The monoisotopic (exact) mass is 487 g/mol. The first kappa shape index (κ1) is 23.4. The number of nitro groups is 1. The normalized spacial score (nSPS) is 16.6. The lowest BCUT2D eigenvalue weighted by Crippen LogP contribution is -3.19. The van der Waals surface area contributed by atoms with Crippen molar-refractivity contribution in [3.8, 4) is 0 Å². The number of carbonyl (C=O) groups is 1. The number of hydrogen-bond acceptors (Lipinski definition) is 5. The highest BCUT2D eigenvalue weighted by molar-refractivity contribution is 7.89. The standard InChI is InChI=1S/C19H20Cl2N4O5S/c1-13(19(26)22-16-12-14(20)6-7-15(16)21)23-8-10-24(11-9-23)31(29,30)18-5-3-2-4-17(18)25(27)28/h2-7,12-13H,8-11H2,1H3,(H,22,26)/p+1/t13-/m1/s1. The van der Waals surface area contributed by atoms with Gasteiger partial charge in [-0.15, -0.1) is 0 Å². The quantitative estimate of drug-likeness (QED) is 0.476. The fourth-order valence-electron chi connectivity index (χ4n) is 3.43. The molecule has 3 rings (SSSR count). The van der Waals surface area contributed by atoms with E-state index >= 15 is 0 Å². The minimum absolute atomic E-state index is 0.138. The second kappa shape index (κ2) is 9.49. The third-order valence-electron chi connectivity index (χ3n) is 5.24. The maximum absolute atomic E-state index is 12.9. The number of benzene rings is 2. The van der Waals surface area contributed by atoms with Crippen LogP contribution in [0.1, 0.15) is 6.92 Å². The van der Waals surface area contributed by atoms with Crippen molar-refractivity contribution < 1.29 is 23.0 Å². The van der Waals surface area contributed by atoms with Crippen molar-refractivity contribution in [2.45, 2.75) is 17.9 Å². The van der Waals surface area contributed by atoms with Crippen LogP contribution in [0, 0.1) is 10.1 Å². The van der Waals surface area contributed by atoms with Crippen LogP contribution in [0.5, 0.6) is 0 Å². The van der Waals surface area contributed by atoms with Crippen LogP contribution in [0.2, 0.25) is 10.0 Å². The molecule has 0 aromatic heterocycles. The minimum Gasteiger partial charge on any atom is -0.323 e. The van der Waals surface area contributed by atoms with Gasteiger partial charge in [-0.05, 0) is 31.2 Å². The molecule has 1 aliphatic rings. The van der Waals surface area contributed by atoms with Crippen molar-refractivity contribution in [2.75, 3.05) is 31.5 Å². The van der Waals surface area contributed by atoms with E-state index in [-0.39, 0.29) is 23.9 Å². The molecule has 2 N–H and O–H groups in total. The summed E-state index contributed by atoms with van der Waals surface area (Å²) in [6, 6.07) is 9.57. The van der Waals surface area contributed by atoms with E-state index in [2.05, 4.69) is 5.32 Å². The Kier molecular flexibility index (Phi) is 7.17. The van der Waals surface area contributed by atoms with Gasteiger partial charge in [0.25, 0.3) is 11.6 Å². The number of hydrogen-bond donors (Lipinski definition) is 2. The zero-order valence-electron chi connectivity index (χ0n) is 16.5. The molecule has 1 amide bonds. The van der Waals surface area contributed by atoms with E-state index in [0.717, 1.165) is 4.90 Å². The second-order valence-corrected chi connectivity index (χ2v) is 9.87. The Morgan fingerprint density at radius 3 is 2.48 bits per heavy atom. The van der Waals surface area contributed by atoms with E-state index in [9.17, 15) is 23.3 Å². The zero-order chi connectivity index (χ0) is 22.8. The third-order valence-corrected chi connectivity index (χ3v) is 7.75. The van der Waals surface area contributed by atoms with Gasteiger partial charge in [-0.2, -0.15) is 4.31 Å². The first-order valence-corrected chi connectivity index (χ1v) is 11.6. The lowest BCUT2D eigenvalue weighted by Gasteiger charge is -2.34. The number of nitrogens with one attached hydrogen (secondary N) is 2. The van der Waals surface area contributed by atoms with Gasteiger partial charge in [0.2, 0.25) is 10.0 Å². The Morgan fingerprint density at radius 1 is 1.19 bits per heavy atom. The Balaban J connectivity index is 1.67. The molecule has 0 radical (unpaired) electrons. The summed E-state index contributed by atoms with van der Waals surface area (Å²) in [5.41, 5.74) is -0.0496. The number of piperazine rings is 1. The Hall–Kier alpha value is -2.24. The van der Waals surface area contributed by atoms with Gasteiger partial charge < -0.3 is 10.2 Å². The Bertz CT molecular complexity index is 1100. The number of nitro benzene ring substituents is 1. The van der Waals surface area contributed by atoms with Gasteiger partial charge in [0.1, 0.15) is 0 Å². The summed E-state index contributed by atoms with van der Waals surface area (Å²) in [6.07, 6.45) is 0. The summed E-state index contributed by atoms with van der Waals surface area (Å²) in [5, 5.41) is 14.8. The lowest BCUT2D eigenvalue weighted by atomic mass is 10.2. The first-order chi connectivity index (χ1) is 14.6. The number of amides is 1. The van der Waals surface area contributed by atoms with E-state index in [1.165, 1.54) is 28.6 Å². The number of para-hydroxylation sites is 1. The first-order valence-electron chi connectivity index (χ1n) is 9.45. The fourth-order valence-corrected chi connectivity index (χ4v) is 5.37. The summed E-state index contributed by atoms with van der Waals surface area (Å²) in [5.74, 6) is -0.269. The largest absolute Gasteiger partial charge is 0.323 e. The third kappa shape index (κ3) is 5.16. The highest BCUT2D eigenvalue weighted by Gasteiger charge is 2.37. The summed E-state index contributed by atoms with van der Waals surface area (Å²) in [6.45, 7) is 2.77. The number of rotatable bonds is 6.